The molecule has 1 amide bonds. The molecular weight excluding hydrogens is 446 g/mol. The van der Waals surface area contributed by atoms with Crippen LogP contribution in [0.25, 0.3) is 0 Å². The molecule has 0 saturated carbocycles. The molecule has 0 spiro atoms. The third-order valence-corrected chi connectivity index (χ3v) is 7.01. The van der Waals surface area contributed by atoms with Gasteiger partial charge in [-0.25, -0.2) is 8.42 Å². The Kier molecular flexibility index (Phi) is 6.50. The quantitative estimate of drug-likeness (QED) is 0.616. The molecule has 0 aliphatic carbocycles. The fraction of sp³-hybridized carbons (Fsp3) is 0.450. The summed E-state index contributed by atoms with van der Waals surface area (Å²) in [5.74, 6) is 1.43. The zero-order chi connectivity index (χ0) is 20.3. The summed E-state index contributed by atoms with van der Waals surface area (Å²) in [6.07, 6.45) is 0.430. The minimum atomic E-state index is -3.12. The van der Waals surface area contributed by atoms with E-state index in [0.717, 1.165) is 0 Å². The Morgan fingerprint density at radius 1 is 1.25 bits per heavy atom. The number of carbonyl (C=O) groups excluding carboxylic acids is 1. The Balaban J connectivity index is 1.68. The Bertz CT molecular complexity index is 920. The molecule has 1 atom stereocenters. The lowest BCUT2D eigenvalue weighted by Crippen LogP contribution is -2.43. The van der Waals surface area contributed by atoms with E-state index >= 15 is 0 Å². The molecule has 28 heavy (non-hydrogen) atoms. The summed E-state index contributed by atoms with van der Waals surface area (Å²) in [5, 5.41) is 0. The standard InChI is InChI=1S/C20H24BrNO5S/c1-14(2)15-3-5-17(6-4-15)26-12-20(23)22(11-18-7-8-19(21)27-18)16-9-10-28(24,25)13-16/h3-8,14,16H,9-13H2,1-2H3. The molecule has 1 aliphatic heterocycles. The maximum atomic E-state index is 12.9. The lowest BCUT2D eigenvalue weighted by Gasteiger charge is -2.27. The number of ether oxygens (including phenoxy) is 1. The maximum absolute atomic E-state index is 12.9. The number of halogens is 1. The SMILES string of the molecule is CC(C)c1ccc(OCC(=O)N(Cc2ccc(Br)o2)C2CCS(=O)(=O)C2)cc1. The average molecular weight is 470 g/mol. The highest BCUT2D eigenvalue weighted by Gasteiger charge is 2.35. The second kappa shape index (κ2) is 8.69. The predicted molar refractivity (Wildman–Crippen MR) is 110 cm³/mol. The first-order valence-corrected chi connectivity index (χ1v) is 11.8. The van der Waals surface area contributed by atoms with Crippen LogP contribution in [-0.2, 0) is 21.2 Å². The van der Waals surface area contributed by atoms with Gasteiger partial charge < -0.3 is 14.1 Å². The highest BCUT2D eigenvalue weighted by Crippen LogP contribution is 2.23. The molecule has 1 aliphatic rings. The lowest BCUT2D eigenvalue weighted by atomic mass is 10.0. The highest BCUT2D eigenvalue weighted by molar-refractivity contribution is 9.10. The number of nitrogens with zero attached hydrogens (tertiary/aromatic N) is 1. The summed E-state index contributed by atoms with van der Waals surface area (Å²) in [6, 6.07) is 10.8. The van der Waals surface area contributed by atoms with Crippen molar-refractivity contribution in [3.05, 3.63) is 52.4 Å². The Labute approximate surface area is 173 Å². The summed E-state index contributed by atoms with van der Waals surface area (Å²) in [6.45, 7) is 4.28. The number of benzene rings is 1. The molecule has 2 heterocycles. The van der Waals surface area contributed by atoms with E-state index in [-0.39, 0.29) is 36.6 Å². The van der Waals surface area contributed by atoms with Crippen LogP contribution in [0.2, 0.25) is 0 Å². The van der Waals surface area contributed by atoms with Crippen molar-refractivity contribution in [3.8, 4) is 5.75 Å². The fourth-order valence-corrected chi connectivity index (χ4v) is 5.29. The van der Waals surface area contributed by atoms with Gasteiger partial charge in [-0.05, 0) is 58.1 Å². The van der Waals surface area contributed by atoms with Crippen LogP contribution < -0.4 is 4.74 Å². The molecule has 0 N–H and O–H groups in total. The van der Waals surface area contributed by atoms with Crippen molar-refractivity contribution in [2.75, 3.05) is 18.1 Å². The largest absolute Gasteiger partial charge is 0.484 e. The van der Waals surface area contributed by atoms with Crippen molar-refractivity contribution in [3.63, 3.8) is 0 Å². The van der Waals surface area contributed by atoms with Crippen LogP contribution in [0.15, 0.2) is 45.5 Å². The van der Waals surface area contributed by atoms with Gasteiger partial charge in [-0.2, -0.15) is 0 Å². The molecule has 1 fully saturated rings. The van der Waals surface area contributed by atoms with Crippen molar-refractivity contribution in [2.24, 2.45) is 0 Å². The first-order chi connectivity index (χ1) is 13.2. The minimum absolute atomic E-state index is 0.0241. The van der Waals surface area contributed by atoms with E-state index in [4.69, 9.17) is 9.15 Å². The number of rotatable bonds is 7. The van der Waals surface area contributed by atoms with Crippen LogP contribution in [0.1, 0.15) is 37.5 Å². The topological polar surface area (TPSA) is 76.8 Å². The minimum Gasteiger partial charge on any atom is -0.484 e. The molecule has 1 saturated heterocycles. The third-order valence-electron chi connectivity index (χ3n) is 4.83. The monoisotopic (exact) mass is 469 g/mol. The van der Waals surface area contributed by atoms with Crippen molar-refractivity contribution in [2.45, 2.75) is 38.8 Å². The summed E-state index contributed by atoms with van der Waals surface area (Å²) < 4.78 is 35.5. The predicted octanol–water partition coefficient (Wildman–Crippen LogP) is 3.76. The molecule has 1 aromatic carbocycles. The summed E-state index contributed by atoms with van der Waals surface area (Å²) >= 11 is 3.25. The van der Waals surface area contributed by atoms with Gasteiger partial charge in [0, 0.05) is 6.04 Å². The van der Waals surface area contributed by atoms with Crippen LogP contribution in [-0.4, -0.2) is 43.4 Å². The molecular formula is C20H24BrNO5S. The van der Waals surface area contributed by atoms with Gasteiger partial charge in [0.1, 0.15) is 11.5 Å². The lowest BCUT2D eigenvalue weighted by molar-refractivity contribution is -0.136. The average Bonchev–Trinajstić information content (AvgIpc) is 3.22. The van der Waals surface area contributed by atoms with Gasteiger partial charge in [0.2, 0.25) is 0 Å². The zero-order valence-electron chi connectivity index (χ0n) is 15.9. The first kappa shape index (κ1) is 20.9. The van der Waals surface area contributed by atoms with Crippen LogP contribution >= 0.6 is 15.9 Å². The second-order valence-electron chi connectivity index (χ2n) is 7.30. The Hall–Kier alpha value is -1.80. The summed E-state index contributed by atoms with van der Waals surface area (Å²) in [4.78, 5) is 14.4. The highest BCUT2D eigenvalue weighted by atomic mass is 79.9. The van der Waals surface area contributed by atoms with Gasteiger partial charge >= 0.3 is 0 Å². The summed E-state index contributed by atoms with van der Waals surface area (Å²) in [5.41, 5.74) is 1.19. The molecule has 152 valence electrons. The van der Waals surface area contributed by atoms with E-state index in [1.807, 2.05) is 24.3 Å². The van der Waals surface area contributed by atoms with Gasteiger partial charge in [-0.15, -0.1) is 0 Å². The normalized spacial score (nSPS) is 18.4. The fourth-order valence-electron chi connectivity index (χ4n) is 3.22. The molecule has 6 nitrogen and oxygen atoms in total. The second-order valence-corrected chi connectivity index (χ2v) is 10.3. The Morgan fingerprint density at radius 3 is 2.50 bits per heavy atom. The van der Waals surface area contributed by atoms with Gasteiger partial charge in [0.05, 0.1) is 18.1 Å². The first-order valence-electron chi connectivity index (χ1n) is 9.20. The number of hydrogen-bond acceptors (Lipinski definition) is 5. The number of furan rings is 1. The number of sulfone groups is 1. The van der Waals surface area contributed by atoms with Gasteiger partial charge in [0.15, 0.2) is 21.1 Å². The number of hydrogen-bond donors (Lipinski definition) is 0. The van der Waals surface area contributed by atoms with Crippen molar-refractivity contribution in [1.29, 1.82) is 0 Å². The van der Waals surface area contributed by atoms with E-state index < -0.39 is 9.84 Å². The van der Waals surface area contributed by atoms with Gasteiger partial charge in [-0.3, -0.25) is 4.79 Å². The van der Waals surface area contributed by atoms with Crippen LogP contribution in [0.3, 0.4) is 0 Å². The molecule has 2 aromatic rings. The number of carbonyl (C=O) groups is 1. The third kappa shape index (κ3) is 5.38. The summed E-state index contributed by atoms with van der Waals surface area (Å²) in [7, 11) is -3.12. The van der Waals surface area contributed by atoms with Crippen LogP contribution in [0.4, 0.5) is 0 Å². The smallest absolute Gasteiger partial charge is 0.261 e. The molecule has 0 bridgehead atoms. The van der Waals surface area contributed by atoms with Gasteiger partial charge in [-0.1, -0.05) is 26.0 Å². The molecule has 3 rings (SSSR count). The van der Waals surface area contributed by atoms with E-state index in [0.29, 0.717) is 28.5 Å². The van der Waals surface area contributed by atoms with E-state index in [9.17, 15) is 13.2 Å². The van der Waals surface area contributed by atoms with Crippen LogP contribution in [0, 0.1) is 0 Å². The Morgan fingerprint density at radius 2 is 1.96 bits per heavy atom. The molecule has 0 radical (unpaired) electrons. The molecule has 1 aromatic heterocycles. The molecule has 1 unspecified atom stereocenters. The van der Waals surface area contributed by atoms with Crippen molar-refractivity contribution >= 4 is 31.7 Å². The van der Waals surface area contributed by atoms with Crippen molar-refractivity contribution < 1.29 is 22.4 Å². The van der Waals surface area contributed by atoms with Crippen molar-refractivity contribution in [1.82, 2.24) is 4.90 Å². The zero-order valence-corrected chi connectivity index (χ0v) is 18.3. The maximum Gasteiger partial charge on any atom is 0.261 e. The van der Waals surface area contributed by atoms with E-state index in [2.05, 4.69) is 29.8 Å². The number of amides is 1. The van der Waals surface area contributed by atoms with E-state index in [1.54, 1.807) is 17.0 Å². The van der Waals surface area contributed by atoms with Crippen LogP contribution in [0.5, 0.6) is 5.75 Å². The molecule has 8 heteroatoms. The van der Waals surface area contributed by atoms with Gasteiger partial charge in [0.25, 0.3) is 5.91 Å². The van der Waals surface area contributed by atoms with E-state index in [1.165, 1.54) is 5.56 Å².